The average molecular weight is 1110 g/mol. The van der Waals surface area contributed by atoms with Crippen molar-refractivity contribution in [3.63, 3.8) is 0 Å². The van der Waals surface area contributed by atoms with Crippen LogP contribution in [-0.4, -0.2) is 73.4 Å². The van der Waals surface area contributed by atoms with Gasteiger partial charge in [0.05, 0.1) is 39.9 Å². The van der Waals surface area contributed by atoms with Crippen molar-refractivity contribution in [2.45, 2.75) is 392 Å². The maximum absolute atomic E-state index is 13.1. The van der Waals surface area contributed by atoms with Crippen LogP contribution in [-0.2, 0) is 18.4 Å². The van der Waals surface area contributed by atoms with Crippen LogP contribution < -0.4 is 5.32 Å². The first-order valence-corrected chi connectivity index (χ1v) is 36.4. The van der Waals surface area contributed by atoms with Crippen molar-refractivity contribution in [1.82, 2.24) is 5.32 Å². The topological polar surface area (TPSA) is 105 Å². The summed E-state index contributed by atoms with van der Waals surface area (Å²) in [5, 5.41) is 14.1. The number of nitrogens with one attached hydrogen (secondary N) is 1. The zero-order chi connectivity index (χ0) is 56.3. The lowest BCUT2D eigenvalue weighted by Crippen LogP contribution is -2.46. The van der Waals surface area contributed by atoms with Crippen LogP contribution in [0.25, 0.3) is 0 Å². The number of phosphoric acid groups is 1. The van der Waals surface area contributed by atoms with Crippen molar-refractivity contribution in [3.8, 4) is 0 Å². The molecule has 0 aliphatic heterocycles. The Kier molecular flexibility index (Phi) is 59.7. The standard InChI is InChI=1S/C68H139N2O6P/c1-6-8-10-12-14-16-18-20-22-24-26-28-30-31-32-33-34-35-36-37-38-39-40-42-44-46-48-50-52-54-56-58-60-62-68(72)69-66(65-76-77(73,74)75-64-63-70(3,4)5)67(71)61-59-57-55-53-51-49-47-45-43-41-29-27-25-23-21-19-17-15-13-11-9-7-2/h66-67,71H,6-65H2,1-5H3,(H-,69,72,73,74)/p+1. The lowest BCUT2D eigenvalue weighted by molar-refractivity contribution is -0.870. The van der Waals surface area contributed by atoms with Gasteiger partial charge in [0, 0.05) is 6.42 Å². The van der Waals surface area contributed by atoms with Gasteiger partial charge in [-0.15, -0.1) is 0 Å². The van der Waals surface area contributed by atoms with E-state index in [0.717, 1.165) is 38.5 Å². The average Bonchev–Trinajstić information content (AvgIpc) is 3.39. The Hall–Kier alpha value is -0.500. The summed E-state index contributed by atoms with van der Waals surface area (Å²) in [5.41, 5.74) is 0. The molecule has 0 rings (SSSR count). The smallest absolute Gasteiger partial charge is 0.391 e. The fourth-order valence-electron chi connectivity index (χ4n) is 11.2. The van der Waals surface area contributed by atoms with E-state index in [1.807, 2.05) is 21.1 Å². The van der Waals surface area contributed by atoms with Crippen molar-refractivity contribution < 1.29 is 32.9 Å². The van der Waals surface area contributed by atoms with Crippen molar-refractivity contribution in [1.29, 1.82) is 0 Å². The maximum Gasteiger partial charge on any atom is 0.472 e. The number of likely N-dealkylation sites (N-methyl/N-ethyl adjacent to an activating group) is 1. The van der Waals surface area contributed by atoms with Gasteiger partial charge in [-0.1, -0.05) is 361 Å². The van der Waals surface area contributed by atoms with Gasteiger partial charge in [0.25, 0.3) is 0 Å². The molecule has 77 heavy (non-hydrogen) atoms. The zero-order valence-electron chi connectivity index (χ0n) is 53.0. The lowest BCUT2D eigenvalue weighted by atomic mass is 10.0. The molecule has 9 heteroatoms. The fourth-order valence-corrected chi connectivity index (χ4v) is 11.9. The van der Waals surface area contributed by atoms with Gasteiger partial charge in [0.1, 0.15) is 13.2 Å². The molecule has 0 aromatic rings. The first-order chi connectivity index (χ1) is 37.5. The Morgan fingerprint density at radius 3 is 0.870 bits per heavy atom. The third-order valence-corrected chi connectivity index (χ3v) is 17.6. The van der Waals surface area contributed by atoms with Gasteiger partial charge in [-0.2, -0.15) is 0 Å². The Morgan fingerprint density at radius 1 is 0.390 bits per heavy atom. The molecule has 0 bridgehead atoms. The summed E-state index contributed by atoms with van der Waals surface area (Å²) in [5.74, 6) is -0.133. The second kappa shape index (κ2) is 60.1. The number of aliphatic hydroxyl groups is 1. The highest BCUT2D eigenvalue weighted by Gasteiger charge is 2.28. The minimum Gasteiger partial charge on any atom is -0.391 e. The van der Waals surface area contributed by atoms with Crippen LogP contribution in [0.15, 0.2) is 0 Å². The number of hydrogen-bond acceptors (Lipinski definition) is 5. The Morgan fingerprint density at radius 2 is 0.623 bits per heavy atom. The van der Waals surface area contributed by atoms with Gasteiger partial charge < -0.3 is 19.8 Å². The second-order valence-corrected chi connectivity index (χ2v) is 27.1. The first-order valence-electron chi connectivity index (χ1n) is 34.9. The molecular weight excluding hydrogens is 972 g/mol. The molecule has 3 N–H and O–H groups in total. The molecule has 0 aliphatic carbocycles. The van der Waals surface area contributed by atoms with Crippen LogP contribution in [0, 0.1) is 0 Å². The fraction of sp³-hybridized carbons (Fsp3) is 0.985. The van der Waals surface area contributed by atoms with Crippen LogP contribution in [0.4, 0.5) is 0 Å². The summed E-state index contributed by atoms with van der Waals surface area (Å²) in [6, 6.07) is -0.756. The van der Waals surface area contributed by atoms with Crippen LogP contribution in [0.3, 0.4) is 0 Å². The molecular formula is C68H140N2O6P+. The summed E-state index contributed by atoms with van der Waals surface area (Å²) >= 11 is 0. The van der Waals surface area contributed by atoms with E-state index < -0.39 is 20.0 Å². The van der Waals surface area contributed by atoms with E-state index in [1.54, 1.807) is 0 Å². The second-order valence-electron chi connectivity index (χ2n) is 25.6. The third kappa shape index (κ3) is 62.9. The van der Waals surface area contributed by atoms with Crippen molar-refractivity contribution in [2.75, 3.05) is 40.9 Å². The molecule has 0 aromatic carbocycles. The van der Waals surface area contributed by atoms with Crippen LogP contribution in [0.1, 0.15) is 380 Å². The summed E-state index contributed by atoms with van der Waals surface area (Å²) in [6.07, 6.45) is 75.0. The number of aliphatic hydroxyl groups excluding tert-OH is 1. The largest absolute Gasteiger partial charge is 0.472 e. The lowest BCUT2D eigenvalue weighted by Gasteiger charge is -2.26. The summed E-state index contributed by atoms with van der Waals surface area (Å²) in [7, 11) is 1.64. The molecule has 3 unspecified atom stereocenters. The number of nitrogens with zero attached hydrogens (tertiary/aromatic N) is 1. The minimum atomic E-state index is -4.32. The van der Waals surface area contributed by atoms with E-state index in [4.69, 9.17) is 9.05 Å². The van der Waals surface area contributed by atoms with E-state index in [-0.39, 0.29) is 19.1 Å². The predicted molar refractivity (Wildman–Crippen MR) is 337 cm³/mol. The molecule has 0 saturated heterocycles. The monoisotopic (exact) mass is 1110 g/mol. The normalized spacial score (nSPS) is 13.6. The molecule has 0 aliphatic rings. The maximum atomic E-state index is 13.1. The van der Waals surface area contributed by atoms with Gasteiger partial charge in [-0.25, -0.2) is 4.57 Å². The van der Waals surface area contributed by atoms with E-state index in [2.05, 4.69) is 19.2 Å². The van der Waals surface area contributed by atoms with Gasteiger partial charge in [0.15, 0.2) is 0 Å². The third-order valence-electron chi connectivity index (χ3n) is 16.6. The minimum absolute atomic E-state index is 0.0794. The van der Waals surface area contributed by atoms with E-state index in [1.165, 1.54) is 315 Å². The Bertz CT molecular complexity index is 1220. The Balaban J connectivity index is 3.95. The number of hydrogen-bond donors (Lipinski definition) is 3. The summed E-state index contributed by atoms with van der Waals surface area (Å²) < 4.78 is 23.9. The number of phosphoric ester groups is 1. The van der Waals surface area contributed by atoms with Gasteiger partial charge >= 0.3 is 7.82 Å². The van der Waals surface area contributed by atoms with Gasteiger partial charge in [-0.3, -0.25) is 13.8 Å². The van der Waals surface area contributed by atoms with E-state index in [0.29, 0.717) is 23.9 Å². The highest BCUT2D eigenvalue weighted by Crippen LogP contribution is 2.43. The number of quaternary nitrogens is 1. The molecule has 8 nitrogen and oxygen atoms in total. The van der Waals surface area contributed by atoms with E-state index in [9.17, 15) is 19.4 Å². The predicted octanol–water partition coefficient (Wildman–Crippen LogP) is 21.9. The molecule has 0 aromatic heterocycles. The zero-order valence-corrected chi connectivity index (χ0v) is 53.9. The molecule has 1 amide bonds. The number of carbonyl (C=O) groups is 1. The highest BCUT2D eigenvalue weighted by molar-refractivity contribution is 7.47. The highest BCUT2D eigenvalue weighted by atomic mass is 31.2. The van der Waals surface area contributed by atoms with Crippen LogP contribution in [0.5, 0.6) is 0 Å². The van der Waals surface area contributed by atoms with E-state index >= 15 is 0 Å². The molecule has 0 radical (unpaired) electrons. The first kappa shape index (κ1) is 76.5. The molecule has 0 saturated carbocycles. The van der Waals surface area contributed by atoms with Crippen LogP contribution >= 0.6 is 7.82 Å². The Labute approximate surface area is 482 Å². The van der Waals surface area contributed by atoms with Crippen molar-refractivity contribution in [3.05, 3.63) is 0 Å². The quantitative estimate of drug-likeness (QED) is 0.0318. The number of amides is 1. The molecule has 3 atom stereocenters. The van der Waals surface area contributed by atoms with Gasteiger partial charge in [-0.05, 0) is 12.8 Å². The SMILES string of the molecule is CCCCCCCCCCCCCCCCCCCCCCCCCCCCCCCCCCCC(=O)NC(COP(=O)(O)OCC[N+](C)(C)C)C(O)CCCCCCCCCCCCCCCCCCCCCCCC. The van der Waals surface area contributed by atoms with Gasteiger partial charge in [0.2, 0.25) is 5.91 Å². The molecule has 0 fully saturated rings. The summed E-state index contributed by atoms with van der Waals surface area (Å²) in [4.78, 5) is 23.4. The summed E-state index contributed by atoms with van der Waals surface area (Å²) in [6.45, 7) is 4.97. The van der Waals surface area contributed by atoms with Crippen molar-refractivity contribution in [2.24, 2.45) is 0 Å². The molecule has 0 spiro atoms. The number of unbranched alkanes of at least 4 members (excludes halogenated alkanes) is 53. The molecule has 0 heterocycles. The molecule has 462 valence electrons. The number of carbonyl (C=O) groups excluding carboxylic acids is 1. The van der Waals surface area contributed by atoms with Crippen molar-refractivity contribution >= 4 is 13.7 Å². The van der Waals surface area contributed by atoms with Crippen LogP contribution in [0.2, 0.25) is 0 Å². The number of rotatable bonds is 66.